The molecule has 5 saturated carbocycles. The van der Waals surface area contributed by atoms with Crippen LogP contribution in [0.4, 0.5) is 0 Å². The van der Waals surface area contributed by atoms with E-state index in [0.717, 1.165) is 24.7 Å². The molecule has 0 aromatic rings. The van der Waals surface area contributed by atoms with Crippen molar-refractivity contribution >= 4 is 11.9 Å². The first-order chi connectivity index (χ1) is 11.1. The largest absolute Gasteiger partial charge is 0.480 e. The summed E-state index contributed by atoms with van der Waals surface area (Å²) in [4.78, 5) is 23.8. The van der Waals surface area contributed by atoms with E-state index in [1.165, 1.54) is 32.1 Å². The van der Waals surface area contributed by atoms with Gasteiger partial charge >= 0.3 is 11.9 Å². The highest BCUT2D eigenvalue weighted by molar-refractivity contribution is 5.99. The van der Waals surface area contributed by atoms with Gasteiger partial charge in [-0.2, -0.15) is 0 Å². The highest BCUT2D eigenvalue weighted by Crippen LogP contribution is 2.54. The third-order valence-corrected chi connectivity index (χ3v) is 6.85. The lowest BCUT2D eigenvalue weighted by atomic mass is 9.55. The van der Waals surface area contributed by atoms with Crippen LogP contribution in [0.3, 0.4) is 0 Å². The van der Waals surface area contributed by atoms with Crippen LogP contribution in [0.15, 0.2) is 0 Å². The number of carboxylic acid groups (broad SMARTS) is 1. The van der Waals surface area contributed by atoms with Crippen molar-refractivity contribution in [3.63, 3.8) is 0 Å². The van der Waals surface area contributed by atoms with Crippen molar-refractivity contribution in [2.45, 2.75) is 63.9 Å². The molecular weight excluding hydrogens is 296 g/mol. The maximum absolute atomic E-state index is 12.3. The highest BCUT2D eigenvalue weighted by atomic mass is 16.7. The van der Waals surface area contributed by atoms with Crippen LogP contribution in [0.5, 0.6) is 0 Å². The van der Waals surface area contributed by atoms with E-state index in [1.54, 1.807) is 0 Å². The second kappa shape index (κ2) is 5.76. The number of hydrogen-bond acceptors (Lipinski definition) is 4. The molecule has 0 radical (unpaired) electrons. The van der Waals surface area contributed by atoms with E-state index < -0.39 is 17.4 Å². The van der Waals surface area contributed by atoms with Gasteiger partial charge in [-0.1, -0.05) is 12.8 Å². The topological polar surface area (TPSA) is 72.8 Å². The van der Waals surface area contributed by atoms with Crippen LogP contribution in [0.1, 0.15) is 57.8 Å². The van der Waals surface area contributed by atoms with Crippen LogP contribution >= 0.6 is 0 Å². The molecule has 0 amide bonds. The Morgan fingerprint density at radius 2 is 1.52 bits per heavy atom. The second-order valence-electron chi connectivity index (χ2n) is 8.21. The fourth-order valence-electron chi connectivity index (χ4n) is 5.94. The summed E-state index contributed by atoms with van der Waals surface area (Å²) in [6, 6.07) is 0. The Labute approximate surface area is 136 Å². The molecule has 0 aliphatic heterocycles. The van der Waals surface area contributed by atoms with Crippen LogP contribution in [0.25, 0.3) is 0 Å². The molecule has 5 aliphatic carbocycles. The summed E-state index contributed by atoms with van der Waals surface area (Å²) >= 11 is 0. The summed E-state index contributed by atoms with van der Waals surface area (Å²) in [6.07, 6.45) is 8.95. The molecule has 5 heteroatoms. The number of aliphatic carboxylic acids is 1. The first-order valence-electron chi connectivity index (χ1n) is 9.11. The van der Waals surface area contributed by atoms with Crippen molar-refractivity contribution in [1.29, 1.82) is 0 Å². The van der Waals surface area contributed by atoms with Gasteiger partial charge in [0.2, 0.25) is 0 Å². The Morgan fingerprint density at radius 1 is 0.957 bits per heavy atom. The molecule has 0 aromatic carbocycles. The fourth-order valence-corrected chi connectivity index (χ4v) is 5.94. The Morgan fingerprint density at radius 3 is 2.04 bits per heavy atom. The number of carboxylic acids is 1. The first kappa shape index (κ1) is 15.4. The summed E-state index contributed by atoms with van der Waals surface area (Å²) < 4.78 is 11.2. The Balaban J connectivity index is 1.32. The fraction of sp³-hybridized carbons (Fsp3) is 0.889. The molecule has 5 rings (SSSR count). The lowest BCUT2D eigenvalue weighted by Gasteiger charge is -2.53. The molecular formula is C18H26O5. The summed E-state index contributed by atoms with van der Waals surface area (Å²) in [6.45, 7) is -0.0825. The van der Waals surface area contributed by atoms with E-state index in [4.69, 9.17) is 9.47 Å². The zero-order valence-corrected chi connectivity index (χ0v) is 13.5. The van der Waals surface area contributed by atoms with Crippen molar-refractivity contribution in [1.82, 2.24) is 0 Å². The lowest BCUT2D eigenvalue weighted by molar-refractivity contribution is -0.196. The number of esters is 1. The Kier molecular flexibility index (Phi) is 3.87. The zero-order valence-electron chi connectivity index (χ0n) is 13.5. The summed E-state index contributed by atoms with van der Waals surface area (Å²) in [5, 5.41) is 9.41. The number of ether oxygens (including phenoxy) is 2. The number of carbonyl (C=O) groups excluding carboxylic acids is 1. The molecule has 4 bridgehead atoms. The molecule has 5 fully saturated rings. The molecule has 23 heavy (non-hydrogen) atoms. The molecule has 0 heterocycles. The van der Waals surface area contributed by atoms with Crippen LogP contribution in [0.2, 0.25) is 0 Å². The van der Waals surface area contributed by atoms with E-state index in [0.29, 0.717) is 24.7 Å². The van der Waals surface area contributed by atoms with Crippen molar-refractivity contribution in [2.24, 2.45) is 29.1 Å². The van der Waals surface area contributed by atoms with Gasteiger partial charge in [0, 0.05) is 0 Å². The Hall–Kier alpha value is -1.10. The van der Waals surface area contributed by atoms with Crippen LogP contribution in [0, 0.1) is 29.1 Å². The van der Waals surface area contributed by atoms with E-state index >= 15 is 0 Å². The third kappa shape index (κ3) is 2.57. The quantitative estimate of drug-likeness (QED) is 0.478. The Bertz CT molecular complexity index is 466. The van der Waals surface area contributed by atoms with Gasteiger partial charge < -0.3 is 14.6 Å². The van der Waals surface area contributed by atoms with Gasteiger partial charge in [-0.15, -0.1) is 0 Å². The van der Waals surface area contributed by atoms with Crippen molar-refractivity contribution in [3.8, 4) is 0 Å². The minimum atomic E-state index is -1.33. The molecule has 5 nitrogen and oxygen atoms in total. The lowest BCUT2D eigenvalue weighted by Crippen LogP contribution is -2.49. The molecule has 5 aliphatic rings. The predicted molar refractivity (Wildman–Crippen MR) is 81.4 cm³/mol. The van der Waals surface area contributed by atoms with E-state index in [9.17, 15) is 14.7 Å². The molecule has 0 saturated heterocycles. The monoisotopic (exact) mass is 322 g/mol. The van der Waals surface area contributed by atoms with Gasteiger partial charge in [0.1, 0.15) is 0 Å². The maximum atomic E-state index is 12.3. The van der Waals surface area contributed by atoms with Gasteiger partial charge in [-0.3, -0.25) is 9.59 Å². The normalized spacial score (nSPS) is 40.3. The van der Waals surface area contributed by atoms with Gasteiger partial charge in [-0.05, 0) is 68.6 Å². The SMILES string of the molecule is O=C(O)C1(C(=O)OCOC2C3CC4CC(C3)CC2C4)CCCC1. The van der Waals surface area contributed by atoms with Crippen LogP contribution in [-0.4, -0.2) is 29.9 Å². The predicted octanol–water partition coefficient (Wildman–Crippen LogP) is 2.97. The van der Waals surface area contributed by atoms with Gasteiger partial charge in [0.05, 0.1) is 6.10 Å². The second-order valence-corrected chi connectivity index (χ2v) is 8.21. The van der Waals surface area contributed by atoms with Crippen molar-refractivity contribution < 1.29 is 24.2 Å². The summed E-state index contributed by atoms with van der Waals surface area (Å²) in [5.74, 6) is 1.35. The van der Waals surface area contributed by atoms with Crippen LogP contribution < -0.4 is 0 Å². The number of hydrogen-bond donors (Lipinski definition) is 1. The third-order valence-electron chi connectivity index (χ3n) is 6.85. The molecule has 0 atom stereocenters. The molecule has 128 valence electrons. The van der Waals surface area contributed by atoms with Crippen LogP contribution in [-0.2, 0) is 19.1 Å². The molecule has 0 spiro atoms. The number of rotatable bonds is 5. The van der Waals surface area contributed by atoms with Crippen molar-refractivity contribution in [3.05, 3.63) is 0 Å². The van der Waals surface area contributed by atoms with Crippen molar-refractivity contribution in [2.75, 3.05) is 6.79 Å². The standard InChI is InChI=1S/C18H26O5/c19-16(20)18(3-1-2-4-18)17(21)23-10-22-15-13-6-11-5-12(8-13)9-14(15)7-11/h11-15H,1-10H2,(H,19,20). The minimum absolute atomic E-state index is 0.0825. The summed E-state index contributed by atoms with van der Waals surface area (Å²) in [5.41, 5.74) is -1.33. The average Bonchev–Trinajstić information content (AvgIpc) is 3.00. The minimum Gasteiger partial charge on any atom is -0.480 e. The highest BCUT2D eigenvalue weighted by Gasteiger charge is 2.51. The zero-order chi connectivity index (χ0) is 16.0. The van der Waals surface area contributed by atoms with Gasteiger partial charge in [0.15, 0.2) is 12.2 Å². The van der Waals surface area contributed by atoms with E-state index in [1.807, 2.05) is 0 Å². The van der Waals surface area contributed by atoms with Gasteiger partial charge in [0.25, 0.3) is 0 Å². The van der Waals surface area contributed by atoms with Gasteiger partial charge in [-0.25, -0.2) is 0 Å². The molecule has 0 unspecified atom stereocenters. The summed E-state index contributed by atoms with van der Waals surface area (Å²) in [7, 11) is 0. The average molecular weight is 322 g/mol. The van der Waals surface area contributed by atoms with E-state index in [2.05, 4.69) is 0 Å². The maximum Gasteiger partial charge on any atom is 0.325 e. The molecule has 0 aromatic heterocycles. The van der Waals surface area contributed by atoms with E-state index in [-0.39, 0.29) is 12.9 Å². The smallest absolute Gasteiger partial charge is 0.325 e. The first-order valence-corrected chi connectivity index (χ1v) is 9.11. The number of carbonyl (C=O) groups is 2. The molecule has 1 N–H and O–H groups in total.